The minimum atomic E-state index is 0. The second-order valence-corrected chi connectivity index (χ2v) is 12.2. The average molecular weight is 694 g/mol. The summed E-state index contributed by atoms with van der Waals surface area (Å²) in [5.74, 6) is 3.31. The number of fused-ring (bicyclic) bond motifs is 6. The van der Waals surface area contributed by atoms with Crippen LogP contribution in [0, 0.1) is 36.4 Å². The van der Waals surface area contributed by atoms with Gasteiger partial charge in [-0.25, -0.2) is 0 Å². The summed E-state index contributed by atoms with van der Waals surface area (Å²) < 4.78 is 1.17. The van der Waals surface area contributed by atoms with Crippen LogP contribution < -0.4 is 30.1 Å². The zero-order valence-corrected chi connectivity index (χ0v) is 25.3. The fraction of sp³-hybridized carbons (Fsp3) is 0.458. The molecule has 168 valence electrons. The Hall–Kier alpha value is 0.973. The van der Waals surface area contributed by atoms with Gasteiger partial charge in [-0.2, -0.15) is 0 Å². The van der Waals surface area contributed by atoms with Crippen molar-refractivity contribution in [2.45, 2.75) is 40.7 Å². The van der Waals surface area contributed by atoms with Gasteiger partial charge in [0.15, 0.2) is 0 Å². The molecule has 0 amide bonds. The summed E-state index contributed by atoms with van der Waals surface area (Å²) >= 11 is 9.98. The fourth-order valence-corrected chi connectivity index (χ4v) is 9.43. The van der Waals surface area contributed by atoms with Crippen LogP contribution in [0.5, 0.6) is 0 Å². The van der Waals surface area contributed by atoms with Crippen molar-refractivity contribution in [1.29, 1.82) is 0 Å². The molecule has 32 heavy (non-hydrogen) atoms. The van der Waals surface area contributed by atoms with Crippen LogP contribution in [0.4, 0.5) is 0 Å². The van der Waals surface area contributed by atoms with Gasteiger partial charge in [0.05, 0.1) is 0 Å². The molecule has 0 bridgehead atoms. The zero-order valence-electron chi connectivity index (χ0n) is 17.4. The molecule has 2 saturated carbocycles. The van der Waals surface area contributed by atoms with Gasteiger partial charge in [-0.05, 0) is 42.7 Å². The fourth-order valence-electron chi connectivity index (χ4n) is 6.22. The molecular weight excluding hydrogens is 670 g/mol. The standard InChI is InChI=1S/C24H24Br2N2S.2ClH.Zr/c25-16-8-15-7-13-3-5-28-12-20(13)23(15)22(10-16)29-24-18-9-14-4-6-27-11-19(14)17(18)1-2-21(24)26;;;/h3,5,7-8,10-11,14,17-19,21,24,27-28H,1-2,4,6,9H2;2*1H;/q-2;;;+4/p-2. The molecule has 8 heteroatoms. The molecule has 0 aromatic heterocycles. The molecule has 3 fully saturated rings. The van der Waals surface area contributed by atoms with E-state index in [-0.39, 0.29) is 51.0 Å². The van der Waals surface area contributed by atoms with Crippen LogP contribution >= 0.6 is 43.6 Å². The Morgan fingerprint density at radius 1 is 1.09 bits per heavy atom. The van der Waals surface area contributed by atoms with Crippen molar-refractivity contribution >= 4 is 54.4 Å². The molecule has 1 aromatic carbocycles. The van der Waals surface area contributed by atoms with E-state index in [0.29, 0.717) is 10.1 Å². The number of thioether (sulfide) groups is 1. The number of H-pyrrole nitrogens is 1. The Morgan fingerprint density at radius 2 is 1.94 bits per heavy atom. The molecular formula is C24H24Br2Cl2N2SZr. The maximum absolute atomic E-state index is 4.10. The van der Waals surface area contributed by atoms with E-state index in [1.54, 1.807) is 0 Å². The molecule has 6 unspecified atom stereocenters. The summed E-state index contributed by atoms with van der Waals surface area (Å²) in [6, 6.07) is 9.02. The first-order chi connectivity index (χ1) is 14.2. The van der Waals surface area contributed by atoms with Gasteiger partial charge in [-0.1, -0.05) is 85.4 Å². The minimum Gasteiger partial charge on any atom is -1.00 e. The van der Waals surface area contributed by atoms with Gasteiger partial charge >= 0.3 is 26.2 Å². The third-order valence-electron chi connectivity index (χ3n) is 7.44. The summed E-state index contributed by atoms with van der Waals surface area (Å²) in [6.07, 6.45) is 10.8. The van der Waals surface area contributed by atoms with E-state index in [9.17, 15) is 0 Å². The number of halogens is 4. The van der Waals surface area contributed by atoms with E-state index in [4.69, 9.17) is 0 Å². The SMILES string of the molecule is Brc1cc(SC2C(Br)CCC3C4[CH-]NCCC4CC32)c2c3[c-][nH]ccc-3cc2c1.[Cl-].[Cl-].[Zr+4]. The normalized spacial score (nSPS) is 31.2. The smallest absolute Gasteiger partial charge is 1.00 e. The van der Waals surface area contributed by atoms with Crippen molar-refractivity contribution in [1.82, 2.24) is 10.3 Å². The quantitative estimate of drug-likeness (QED) is 0.309. The predicted octanol–water partition coefficient (Wildman–Crippen LogP) is 0.882. The Morgan fingerprint density at radius 3 is 2.78 bits per heavy atom. The van der Waals surface area contributed by atoms with E-state index in [2.05, 4.69) is 90.9 Å². The summed E-state index contributed by atoms with van der Waals surface area (Å²) in [7, 11) is 0. The van der Waals surface area contributed by atoms with Gasteiger partial charge in [-0.15, -0.1) is 34.9 Å². The van der Waals surface area contributed by atoms with Crippen LogP contribution in [0.1, 0.15) is 25.7 Å². The van der Waals surface area contributed by atoms with Gasteiger partial charge in [0.25, 0.3) is 0 Å². The number of pyridine rings is 1. The molecule has 0 spiro atoms. The number of piperidine rings is 1. The van der Waals surface area contributed by atoms with Crippen LogP contribution in [0.15, 0.2) is 39.8 Å². The number of alkyl halides is 1. The molecule has 6 atom stereocenters. The number of hydrogen-bond acceptors (Lipinski definition) is 2. The number of rotatable bonds is 2. The molecule has 2 heterocycles. The van der Waals surface area contributed by atoms with Crippen LogP contribution in [-0.4, -0.2) is 21.6 Å². The first kappa shape index (κ1) is 27.6. The molecule has 6 rings (SSSR count). The van der Waals surface area contributed by atoms with Crippen LogP contribution in [0.2, 0.25) is 0 Å². The molecule has 2 N–H and O–H groups in total. The van der Waals surface area contributed by atoms with Gasteiger partial charge in [0.2, 0.25) is 0 Å². The van der Waals surface area contributed by atoms with Crippen molar-refractivity contribution in [3.05, 3.63) is 47.7 Å². The van der Waals surface area contributed by atoms with Gasteiger partial charge in [0, 0.05) is 14.5 Å². The van der Waals surface area contributed by atoms with E-state index in [1.807, 2.05) is 6.20 Å². The summed E-state index contributed by atoms with van der Waals surface area (Å²) in [6.45, 7) is 3.61. The molecule has 1 aromatic rings. The monoisotopic (exact) mass is 690 g/mol. The summed E-state index contributed by atoms with van der Waals surface area (Å²) in [4.78, 5) is 5.16. The van der Waals surface area contributed by atoms with E-state index >= 15 is 0 Å². The Labute approximate surface area is 243 Å². The number of aromatic nitrogens is 1. The van der Waals surface area contributed by atoms with Crippen molar-refractivity contribution < 1.29 is 51.0 Å². The number of nitrogens with one attached hydrogen (secondary N) is 2. The minimum absolute atomic E-state index is 0. The third kappa shape index (κ3) is 4.82. The van der Waals surface area contributed by atoms with Crippen molar-refractivity contribution in [2.24, 2.45) is 23.7 Å². The zero-order chi connectivity index (χ0) is 19.5. The topological polar surface area (TPSA) is 27.8 Å². The van der Waals surface area contributed by atoms with Crippen molar-refractivity contribution in [3.8, 4) is 11.1 Å². The Kier molecular flexibility index (Phi) is 9.78. The second-order valence-electron chi connectivity index (χ2n) is 8.93. The molecule has 2 nitrogen and oxygen atoms in total. The second kappa shape index (κ2) is 11.4. The Balaban J connectivity index is 0.000000963. The number of benzene rings is 1. The first-order valence-electron chi connectivity index (χ1n) is 10.7. The van der Waals surface area contributed by atoms with Gasteiger partial charge < -0.3 is 35.1 Å². The largest absolute Gasteiger partial charge is 4.00 e. The molecule has 1 saturated heterocycles. The summed E-state index contributed by atoms with van der Waals surface area (Å²) in [5, 5.41) is 6.85. The predicted molar refractivity (Wildman–Crippen MR) is 129 cm³/mol. The molecule has 0 radical (unpaired) electrons. The summed E-state index contributed by atoms with van der Waals surface area (Å²) in [5.41, 5.74) is 2.48. The maximum Gasteiger partial charge on any atom is 4.00 e. The number of aromatic amines is 1. The van der Waals surface area contributed by atoms with Crippen LogP contribution in [0.25, 0.3) is 21.9 Å². The van der Waals surface area contributed by atoms with Crippen LogP contribution in [0.3, 0.4) is 0 Å². The first-order valence-corrected chi connectivity index (χ1v) is 13.3. The van der Waals surface area contributed by atoms with Crippen molar-refractivity contribution in [3.63, 3.8) is 0 Å². The van der Waals surface area contributed by atoms with Crippen molar-refractivity contribution in [2.75, 3.05) is 6.54 Å². The molecule has 3 aliphatic carbocycles. The molecule has 2 aliphatic heterocycles. The van der Waals surface area contributed by atoms with Crippen LogP contribution in [-0.2, 0) is 26.2 Å². The van der Waals surface area contributed by atoms with Gasteiger partial charge in [-0.3, -0.25) is 6.54 Å². The van der Waals surface area contributed by atoms with E-state index < -0.39 is 0 Å². The maximum atomic E-state index is 4.10. The number of hydrogen-bond donors (Lipinski definition) is 2. The average Bonchev–Trinajstić information content (AvgIpc) is 3.28. The molecule has 5 aliphatic rings. The third-order valence-corrected chi connectivity index (χ3v) is 10.8. The van der Waals surface area contributed by atoms with E-state index in [0.717, 1.165) is 30.2 Å². The van der Waals surface area contributed by atoms with Gasteiger partial charge in [0.1, 0.15) is 0 Å². The van der Waals surface area contributed by atoms with E-state index in [1.165, 1.54) is 57.0 Å². The Bertz CT molecular complexity index is 1030.